The molecule has 0 N–H and O–H groups in total. The summed E-state index contributed by atoms with van der Waals surface area (Å²) in [7, 11) is 0. The summed E-state index contributed by atoms with van der Waals surface area (Å²) in [5.41, 5.74) is 0. The number of allylic oxidation sites excluding steroid dienone is 2. The third-order valence-corrected chi connectivity index (χ3v) is 1.51. The van der Waals surface area contributed by atoms with Gasteiger partial charge in [0.05, 0.1) is 0 Å². The van der Waals surface area contributed by atoms with E-state index >= 15 is 0 Å². The molecule has 0 aliphatic carbocycles. The van der Waals surface area contributed by atoms with Gasteiger partial charge in [-0.25, -0.2) is 0 Å². The van der Waals surface area contributed by atoms with Crippen LogP contribution in [0.3, 0.4) is 0 Å². The molecule has 0 nitrogen and oxygen atoms in total. The van der Waals surface area contributed by atoms with Crippen LogP contribution in [-0.2, 0) is 0 Å². The van der Waals surface area contributed by atoms with E-state index in [1.165, 1.54) is 32.1 Å². The van der Waals surface area contributed by atoms with E-state index in [4.69, 9.17) is 0 Å². The fraction of sp³-hybridized carbons (Fsp3) is 0.700. The highest BCUT2D eigenvalue weighted by molar-refractivity contribution is 4.82. The van der Waals surface area contributed by atoms with Gasteiger partial charge in [-0.15, -0.1) is 0 Å². The van der Waals surface area contributed by atoms with Crippen LogP contribution in [0.15, 0.2) is 12.2 Å². The predicted octanol–water partition coefficient (Wildman–Crippen LogP) is 3.74. The van der Waals surface area contributed by atoms with Crippen LogP contribution >= 0.6 is 0 Å². The van der Waals surface area contributed by atoms with Gasteiger partial charge in [0.1, 0.15) is 0 Å². The molecule has 0 fully saturated rings. The molecule has 0 heteroatoms. The molecule has 0 aliphatic heterocycles. The molecule has 0 aromatic rings. The Balaban J connectivity index is 2.89. The van der Waals surface area contributed by atoms with Gasteiger partial charge in [-0.05, 0) is 25.7 Å². The first-order chi connectivity index (χ1) is 4.91. The highest BCUT2D eigenvalue weighted by Crippen LogP contribution is 1.98. The van der Waals surface area contributed by atoms with Crippen LogP contribution in [-0.4, -0.2) is 0 Å². The van der Waals surface area contributed by atoms with E-state index in [2.05, 4.69) is 32.4 Å². The molecule has 10 heavy (non-hydrogen) atoms. The third-order valence-electron chi connectivity index (χ3n) is 1.51. The average molecular weight is 139 g/mol. The van der Waals surface area contributed by atoms with Gasteiger partial charge < -0.3 is 0 Å². The summed E-state index contributed by atoms with van der Waals surface area (Å²) in [6.07, 6.45) is 13.2. The third kappa shape index (κ3) is 7.74. The van der Waals surface area contributed by atoms with E-state index in [1.54, 1.807) is 0 Å². The van der Waals surface area contributed by atoms with E-state index in [1.807, 2.05) is 0 Å². The molecular weight excluding hydrogens is 120 g/mol. The first-order valence-electron chi connectivity index (χ1n) is 4.34. The number of hydrogen-bond acceptors (Lipinski definition) is 0. The first-order valence-corrected chi connectivity index (χ1v) is 4.34. The molecule has 0 atom stereocenters. The maximum Gasteiger partial charge on any atom is -0.0348 e. The van der Waals surface area contributed by atoms with Crippen molar-refractivity contribution in [3.8, 4) is 0 Å². The van der Waals surface area contributed by atoms with Crippen molar-refractivity contribution in [1.82, 2.24) is 0 Å². The predicted molar refractivity (Wildman–Crippen MR) is 47.9 cm³/mol. The number of unbranched alkanes of at least 4 members (excludes halogenated alkanes) is 4. The fourth-order valence-electron chi connectivity index (χ4n) is 0.821. The van der Waals surface area contributed by atoms with Crippen molar-refractivity contribution < 1.29 is 0 Å². The van der Waals surface area contributed by atoms with E-state index < -0.39 is 0 Å². The summed E-state index contributed by atoms with van der Waals surface area (Å²) in [5, 5.41) is 0. The second-order valence-electron chi connectivity index (χ2n) is 2.60. The minimum absolute atomic E-state index is 1.22. The van der Waals surface area contributed by atoms with Gasteiger partial charge >= 0.3 is 0 Å². The standard InChI is InChI=1S/C10H19/c1-3-5-7-9-10-8-6-4-2/h3,9-10H,4-8H2,1-2H3. The summed E-state index contributed by atoms with van der Waals surface area (Å²) in [6.45, 7) is 4.34. The van der Waals surface area contributed by atoms with Crippen molar-refractivity contribution in [2.45, 2.75) is 46.0 Å². The Bertz CT molecular complexity index is 62.1. The minimum atomic E-state index is 1.22. The molecule has 1 radical (unpaired) electrons. The van der Waals surface area contributed by atoms with Crippen molar-refractivity contribution in [2.75, 3.05) is 0 Å². The molecule has 0 saturated heterocycles. The van der Waals surface area contributed by atoms with E-state index in [9.17, 15) is 0 Å². The van der Waals surface area contributed by atoms with Crippen LogP contribution < -0.4 is 0 Å². The van der Waals surface area contributed by atoms with Crippen LogP contribution in [0.4, 0.5) is 0 Å². The zero-order chi connectivity index (χ0) is 7.66. The van der Waals surface area contributed by atoms with Crippen molar-refractivity contribution in [3.63, 3.8) is 0 Å². The molecule has 0 unspecified atom stereocenters. The van der Waals surface area contributed by atoms with E-state index in [0.29, 0.717) is 0 Å². The van der Waals surface area contributed by atoms with Gasteiger partial charge in [0.2, 0.25) is 0 Å². The SMILES string of the molecule is C[CH]CCC=CCCCC. The van der Waals surface area contributed by atoms with Crippen LogP contribution in [0, 0.1) is 6.42 Å². The summed E-state index contributed by atoms with van der Waals surface area (Å²) < 4.78 is 0. The number of hydrogen-bond donors (Lipinski definition) is 0. The van der Waals surface area contributed by atoms with E-state index in [0.717, 1.165) is 0 Å². The normalized spacial score (nSPS) is 11.0. The van der Waals surface area contributed by atoms with Crippen LogP contribution in [0.5, 0.6) is 0 Å². The molecule has 0 aromatic carbocycles. The maximum absolute atomic E-state index is 2.30. The molecule has 0 heterocycles. The van der Waals surface area contributed by atoms with Gasteiger partial charge in [-0.1, -0.05) is 38.8 Å². The Labute approximate surface area is 65.3 Å². The van der Waals surface area contributed by atoms with Crippen molar-refractivity contribution in [3.05, 3.63) is 18.6 Å². The van der Waals surface area contributed by atoms with Crippen molar-refractivity contribution >= 4 is 0 Å². The summed E-state index contributed by atoms with van der Waals surface area (Å²) >= 11 is 0. The average Bonchev–Trinajstić information content (AvgIpc) is 1.97. The molecular formula is C10H19. The topological polar surface area (TPSA) is 0 Å². The Morgan fingerprint density at radius 1 is 1.00 bits per heavy atom. The quantitative estimate of drug-likeness (QED) is 0.388. The zero-order valence-electron chi connectivity index (χ0n) is 7.27. The second-order valence-corrected chi connectivity index (χ2v) is 2.60. The monoisotopic (exact) mass is 139 g/mol. The fourth-order valence-corrected chi connectivity index (χ4v) is 0.821. The van der Waals surface area contributed by atoms with Crippen LogP contribution in [0.2, 0.25) is 0 Å². The minimum Gasteiger partial charge on any atom is -0.0885 e. The lowest BCUT2D eigenvalue weighted by Gasteiger charge is -1.89. The van der Waals surface area contributed by atoms with E-state index in [-0.39, 0.29) is 0 Å². The highest BCUT2D eigenvalue weighted by Gasteiger charge is 1.79. The first kappa shape index (κ1) is 9.74. The lowest BCUT2D eigenvalue weighted by molar-refractivity contribution is 0.810. The largest absolute Gasteiger partial charge is 0.0885 e. The molecule has 0 saturated carbocycles. The van der Waals surface area contributed by atoms with Gasteiger partial charge in [0.25, 0.3) is 0 Å². The zero-order valence-corrected chi connectivity index (χ0v) is 7.27. The van der Waals surface area contributed by atoms with Gasteiger partial charge in [-0.3, -0.25) is 0 Å². The molecule has 0 bridgehead atoms. The Kier molecular flexibility index (Phi) is 8.51. The van der Waals surface area contributed by atoms with Crippen LogP contribution in [0.1, 0.15) is 46.0 Å². The van der Waals surface area contributed by atoms with Crippen LogP contribution in [0.25, 0.3) is 0 Å². The molecule has 0 aliphatic rings. The molecule has 0 spiro atoms. The smallest absolute Gasteiger partial charge is 0.0348 e. The maximum atomic E-state index is 2.30. The van der Waals surface area contributed by atoms with Crippen molar-refractivity contribution in [2.24, 2.45) is 0 Å². The molecule has 59 valence electrons. The summed E-state index contributed by atoms with van der Waals surface area (Å²) in [6, 6.07) is 0. The lowest BCUT2D eigenvalue weighted by Crippen LogP contribution is -1.69. The van der Waals surface area contributed by atoms with Crippen molar-refractivity contribution in [1.29, 1.82) is 0 Å². The summed E-state index contributed by atoms with van der Waals surface area (Å²) in [5.74, 6) is 0. The highest BCUT2D eigenvalue weighted by atomic mass is 13.9. The summed E-state index contributed by atoms with van der Waals surface area (Å²) in [4.78, 5) is 0. The Hall–Kier alpha value is -0.260. The molecule has 0 rings (SSSR count). The lowest BCUT2D eigenvalue weighted by atomic mass is 10.2. The number of rotatable bonds is 6. The van der Waals surface area contributed by atoms with Gasteiger partial charge in [0.15, 0.2) is 0 Å². The second kappa shape index (κ2) is 8.74. The van der Waals surface area contributed by atoms with Gasteiger partial charge in [0, 0.05) is 0 Å². The Morgan fingerprint density at radius 2 is 1.70 bits per heavy atom. The Morgan fingerprint density at radius 3 is 2.30 bits per heavy atom. The van der Waals surface area contributed by atoms with Gasteiger partial charge in [-0.2, -0.15) is 0 Å². The molecule has 0 aromatic heterocycles. The molecule has 0 amide bonds.